The summed E-state index contributed by atoms with van der Waals surface area (Å²) in [5.41, 5.74) is 4.34. The van der Waals surface area contributed by atoms with Crippen molar-refractivity contribution < 1.29 is 4.74 Å². The third kappa shape index (κ3) is 5.27. The van der Waals surface area contributed by atoms with Crippen LogP contribution in [0.15, 0.2) is 78.9 Å². The molecule has 1 aliphatic rings. The van der Waals surface area contributed by atoms with Crippen molar-refractivity contribution in [2.75, 3.05) is 23.3 Å². The molecule has 5 rings (SSSR count). The lowest BCUT2D eigenvalue weighted by atomic mass is 10.0. The SMILES string of the molecule is Clc1ccc(COc2ccc3ccccc3c2CNc2ccc(N3CCCCC3)c(Cl)c2)cc1. The summed E-state index contributed by atoms with van der Waals surface area (Å²) in [7, 11) is 0. The zero-order valence-electron chi connectivity index (χ0n) is 19.1. The summed E-state index contributed by atoms with van der Waals surface area (Å²) >= 11 is 12.7. The van der Waals surface area contributed by atoms with E-state index >= 15 is 0 Å². The third-order valence-corrected chi connectivity index (χ3v) is 6.97. The molecule has 34 heavy (non-hydrogen) atoms. The van der Waals surface area contributed by atoms with E-state index in [9.17, 15) is 0 Å². The highest BCUT2D eigenvalue weighted by Gasteiger charge is 2.15. The maximum Gasteiger partial charge on any atom is 0.125 e. The summed E-state index contributed by atoms with van der Waals surface area (Å²) in [5, 5.41) is 7.46. The molecular formula is C29H28Cl2N2O. The second kappa shape index (κ2) is 10.6. The largest absolute Gasteiger partial charge is 0.489 e. The van der Waals surface area contributed by atoms with Gasteiger partial charge >= 0.3 is 0 Å². The molecule has 0 radical (unpaired) electrons. The van der Waals surface area contributed by atoms with Crippen LogP contribution in [0, 0.1) is 0 Å². The molecule has 4 aromatic rings. The molecule has 5 heteroatoms. The Morgan fingerprint density at radius 2 is 1.62 bits per heavy atom. The van der Waals surface area contributed by atoms with Crippen LogP contribution in [0.25, 0.3) is 10.8 Å². The van der Waals surface area contributed by atoms with Crippen LogP contribution >= 0.6 is 23.2 Å². The van der Waals surface area contributed by atoms with E-state index < -0.39 is 0 Å². The Morgan fingerprint density at radius 1 is 0.824 bits per heavy atom. The summed E-state index contributed by atoms with van der Waals surface area (Å²) in [6.07, 6.45) is 3.77. The van der Waals surface area contributed by atoms with E-state index in [4.69, 9.17) is 27.9 Å². The van der Waals surface area contributed by atoms with Crippen molar-refractivity contribution in [3.63, 3.8) is 0 Å². The topological polar surface area (TPSA) is 24.5 Å². The molecule has 1 fully saturated rings. The summed E-state index contributed by atoms with van der Waals surface area (Å²) in [5.74, 6) is 0.872. The van der Waals surface area contributed by atoms with E-state index in [1.165, 1.54) is 30.0 Å². The van der Waals surface area contributed by atoms with E-state index in [0.29, 0.717) is 13.2 Å². The number of anilines is 2. The second-order valence-electron chi connectivity index (χ2n) is 8.75. The number of nitrogens with one attached hydrogen (secondary N) is 1. The van der Waals surface area contributed by atoms with Crippen molar-refractivity contribution in [1.29, 1.82) is 0 Å². The minimum atomic E-state index is 0.485. The maximum absolute atomic E-state index is 6.68. The highest BCUT2D eigenvalue weighted by Crippen LogP contribution is 2.33. The molecule has 0 aliphatic carbocycles. The third-order valence-electron chi connectivity index (χ3n) is 6.42. The molecular weight excluding hydrogens is 463 g/mol. The smallest absolute Gasteiger partial charge is 0.125 e. The maximum atomic E-state index is 6.68. The number of hydrogen-bond donors (Lipinski definition) is 1. The van der Waals surface area contributed by atoms with Crippen LogP contribution in [0.5, 0.6) is 5.75 Å². The van der Waals surface area contributed by atoms with Crippen molar-refractivity contribution in [2.24, 2.45) is 0 Å². The number of fused-ring (bicyclic) bond motifs is 1. The first-order valence-corrected chi connectivity index (χ1v) is 12.6. The molecule has 1 N–H and O–H groups in total. The normalized spacial score (nSPS) is 13.8. The number of piperidine rings is 1. The molecule has 0 aromatic heterocycles. The lowest BCUT2D eigenvalue weighted by molar-refractivity contribution is 0.304. The average molecular weight is 491 g/mol. The molecule has 1 aliphatic heterocycles. The minimum Gasteiger partial charge on any atom is -0.489 e. The first kappa shape index (κ1) is 22.9. The van der Waals surface area contributed by atoms with Gasteiger partial charge in [0, 0.05) is 35.9 Å². The van der Waals surface area contributed by atoms with E-state index in [0.717, 1.165) is 51.4 Å². The summed E-state index contributed by atoms with van der Waals surface area (Å²) < 4.78 is 6.27. The van der Waals surface area contributed by atoms with Crippen LogP contribution in [-0.2, 0) is 13.2 Å². The van der Waals surface area contributed by atoms with Gasteiger partial charge in [-0.1, -0.05) is 65.7 Å². The van der Waals surface area contributed by atoms with Crippen LogP contribution in [0.1, 0.15) is 30.4 Å². The lowest BCUT2D eigenvalue weighted by Gasteiger charge is -2.29. The Morgan fingerprint density at radius 3 is 2.41 bits per heavy atom. The van der Waals surface area contributed by atoms with Crippen LogP contribution in [-0.4, -0.2) is 13.1 Å². The highest BCUT2D eigenvalue weighted by atomic mass is 35.5. The molecule has 0 bridgehead atoms. The van der Waals surface area contributed by atoms with Gasteiger partial charge in [0.05, 0.1) is 10.7 Å². The van der Waals surface area contributed by atoms with E-state index in [1.54, 1.807) is 0 Å². The minimum absolute atomic E-state index is 0.485. The van der Waals surface area contributed by atoms with Gasteiger partial charge in [-0.3, -0.25) is 0 Å². The highest BCUT2D eigenvalue weighted by molar-refractivity contribution is 6.33. The molecule has 4 aromatic carbocycles. The standard InChI is InChI=1S/C29H28Cl2N2O/c30-23-11-8-21(9-12-23)20-34-29-15-10-22-6-2-3-7-25(22)26(29)19-32-24-13-14-28(27(31)18-24)33-16-4-1-5-17-33/h2-3,6-15,18,32H,1,4-5,16-17,19-20H2. The zero-order valence-corrected chi connectivity index (χ0v) is 20.6. The fraction of sp³-hybridized carbons (Fsp3) is 0.241. The molecule has 0 unspecified atom stereocenters. The van der Waals surface area contributed by atoms with Gasteiger partial charge in [0.2, 0.25) is 0 Å². The van der Waals surface area contributed by atoms with E-state index in [2.05, 4.69) is 58.7 Å². The number of hydrogen-bond acceptors (Lipinski definition) is 3. The Hall–Kier alpha value is -2.88. The first-order chi connectivity index (χ1) is 16.7. The fourth-order valence-electron chi connectivity index (χ4n) is 4.57. The Kier molecular flexibility index (Phi) is 7.13. The van der Waals surface area contributed by atoms with Gasteiger partial charge in [-0.05, 0) is 72.0 Å². The van der Waals surface area contributed by atoms with Gasteiger partial charge in [-0.15, -0.1) is 0 Å². The van der Waals surface area contributed by atoms with Crippen LogP contribution in [0.4, 0.5) is 11.4 Å². The molecule has 174 valence electrons. The van der Waals surface area contributed by atoms with Crippen LogP contribution in [0.2, 0.25) is 10.0 Å². The van der Waals surface area contributed by atoms with Crippen molar-refractivity contribution in [3.05, 3.63) is 100 Å². The van der Waals surface area contributed by atoms with Crippen molar-refractivity contribution in [3.8, 4) is 5.75 Å². The molecule has 0 amide bonds. The number of halogens is 2. The Labute approximate surface area is 211 Å². The first-order valence-electron chi connectivity index (χ1n) is 11.8. The van der Waals surface area contributed by atoms with Crippen molar-refractivity contribution >= 4 is 45.3 Å². The zero-order chi connectivity index (χ0) is 23.3. The molecule has 1 heterocycles. The Balaban J connectivity index is 1.36. The van der Waals surface area contributed by atoms with Crippen LogP contribution in [0.3, 0.4) is 0 Å². The quantitative estimate of drug-likeness (QED) is 0.281. The number of nitrogens with zero attached hydrogens (tertiary/aromatic N) is 1. The summed E-state index contributed by atoms with van der Waals surface area (Å²) in [6.45, 7) is 3.28. The predicted molar refractivity (Wildman–Crippen MR) is 145 cm³/mol. The average Bonchev–Trinajstić information content (AvgIpc) is 2.88. The lowest BCUT2D eigenvalue weighted by Crippen LogP contribution is -2.29. The van der Waals surface area contributed by atoms with Gasteiger partial charge < -0.3 is 15.0 Å². The number of benzene rings is 4. The number of ether oxygens (including phenoxy) is 1. The molecule has 0 saturated carbocycles. The molecule has 0 spiro atoms. The van der Waals surface area contributed by atoms with Gasteiger partial charge in [-0.25, -0.2) is 0 Å². The molecule has 1 saturated heterocycles. The van der Waals surface area contributed by atoms with Crippen molar-refractivity contribution in [2.45, 2.75) is 32.4 Å². The second-order valence-corrected chi connectivity index (χ2v) is 9.59. The fourth-order valence-corrected chi connectivity index (χ4v) is 5.00. The van der Waals surface area contributed by atoms with Gasteiger partial charge in [0.15, 0.2) is 0 Å². The monoisotopic (exact) mass is 490 g/mol. The van der Waals surface area contributed by atoms with Crippen LogP contribution < -0.4 is 15.0 Å². The molecule has 0 atom stereocenters. The summed E-state index contributed by atoms with van der Waals surface area (Å²) in [6, 6.07) is 26.6. The van der Waals surface area contributed by atoms with Gasteiger partial charge in [-0.2, -0.15) is 0 Å². The van der Waals surface area contributed by atoms with E-state index in [1.807, 2.05) is 30.3 Å². The van der Waals surface area contributed by atoms with Gasteiger partial charge in [0.25, 0.3) is 0 Å². The van der Waals surface area contributed by atoms with E-state index in [-0.39, 0.29) is 0 Å². The number of rotatable bonds is 7. The summed E-state index contributed by atoms with van der Waals surface area (Å²) in [4.78, 5) is 2.39. The Bertz CT molecular complexity index is 1270. The van der Waals surface area contributed by atoms with Crippen molar-refractivity contribution in [1.82, 2.24) is 0 Å². The van der Waals surface area contributed by atoms with Gasteiger partial charge in [0.1, 0.15) is 12.4 Å². The molecule has 3 nitrogen and oxygen atoms in total. The predicted octanol–water partition coefficient (Wildman–Crippen LogP) is 8.33.